The summed E-state index contributed by atoms with van der Waals surface area (Å²) in [5.74, 6) is -0.101. The van der Waals surface area contributed by atoms with Crippen molar-refractivity contribution in [2.75, 3.05) is 6.61 Å². The topological polar surface area (TPSA) is 72.7 Å². The van der Waals surface area contributed by atoms with Crippen LogP contribution in [0.25, 0.3) is 0 Å². The van der Waals surface area contributed by atoms with E-state index in [1.807, 2.05) is 18.2 Å². The average molecular weight is 288 g/mol. The van der Waals surface area contributed by atoms with Crippen LogP contribution < -0.4 is 0 Å². The summed E-state index contributed by atoms with van der Waals surface area (Å²) >= 11 is 0. The Bertz CT molecular complexity index is 622. The summed E-state index contributed by atoms with van der Waals surface area (Å²) < 4.78 is 4.95. The van der Waals surface area contributed by atoms with E-state index in [9.17, 15) is 14.9 Å². The molecule has 1 aromatic carbocycles. The Labute approximate surface area is 122 Å². The second-order valence-corrected chi connectivity index (χ2v) is 4.60. The second kappa shape index (κ2) is 6.21. The summed E-state index contributed by atoms with van der Waals surface area (Å²) in [5, 5.41) is 10.8. The number of non-ortho nitro benzene ring substituents is 1. The van der Waals surface area contributed by atoms with Crippen LogP contribution in [0.2, 0.25) is 0 Å². The number of benzene rings is 1. The van der Waals surface area contributed by atoms with Crippen molar-refractivity contribution < 1.29 is 14.5 Å². The van der Waals surface area contributed by atoms with Gasteiger partial charge in [0.1, 0.15) is 0 Å². The number of hydrogen-bond donors (Lipinski definition) is 0. The summed E-state index contributed by atoms with van der Waals surface area (Å²) in [6.45, 7) is 3.85. The molecule has 0 radical (unpaired) electrons. The molecular weight excluding hydrogens is 272 g/mol. The van der Waals surface area contributed by atoms with Crippen LogP contribution in [0, 0.1) is 10.1 Å². The van der Waals surface area contributed by atoms with Crippen LogP contribution in [-0.2, 0) is 4.74 Å². The highest BCUT2D eigenvalue weighted by Gasteiger charge is 2.20. The SMILES string of the molecule is CCOC(=O)N1C=CC(c2cccc([N+](=O)[O-])c2)C=C1C. The van der Waals surface area contributed by atoms with Crippen LogP contribution in [-0.4, -0.2) is 22.5 Å². The first-order chi connectivity index (χ1) is 10.0. The molecule has 0 fully saturated rings. The summed E-state index contributed by atoms with van der Waals surface area (Å²) in [7, 11) is 0. The Morgan fingerprint density at radius 3 is 2.86 bits per heavy atom. The molecule has 1 aromatic rings. The normalized spacial score (nSPS) is 17.3. The highest BCUT2D eigenvalue weighted by atomic mass is 16.6. The van der Waals surface area contributed by atoms with Crippen LogP contribution in [0.4, 0.5) is 10.5 Å². The molecule has 0 aromatic heterocycles. The van der Waals surface area contributed by atoms with Crippen molar-refractivity contribution >= 4 is 11.8 Å². The van der Waals surface area contributed by atoms with E-state index in [0.29, 0.717) is 6.61 Å². The van der Waals surface area contributed by atoms with Gasteiger partial charge in [-0.15, -0.1) is 0 Å². The van der Waals surface area contributed by atoms with Crippen molar-refractivity contribution in [1.29, 1.82) is 0 Å². The zero-order chi connectivity index (χ0) is 15.4. The first-order valence-corrected chi connectivity index (χ1v) is 6.60. The highest BCUT2D eigenvalue weighted by Crippen LogP contribution is 2.28. The minimum absolute atomic E-state index is 0.0553. The fourth-order valence-corrected chi connectivity index (χ4v) is 2.14. The molecule has 2 rings (SSSR count). The van der Waals surface area contributed by atoms with E-state index >= 15 is 0 Å². The van der Waals surface area contributed by atoms with Crippen LogP contribution in [0.3, 0.4) is 0 Å². The molecule has 0 saturated heterocycles. The van der Waals surface area contributed by atoms with Gasteiger partial charge in [0, 0.05) is 29.9 Å². The standard InChI is InChI=1S/C15H16N2O4/c1-3-21-15(18)16-8-7-13(9-11(16)2)12-5-4-6-14(10-12)17(19)20/h4-10,13H,3H2,1-2H3. The molecule has 0 saturated carbocycles. The Morgan fingerprint density at radius 1 is 1.48 bits per heavy atom. The minimum atomic E-state index is -0.431. The first-order valence-electron chi connectivity index (χ1n) is 6.60. The van der Waals surface area contributed by atoms with E-state index in [1.165, 1.54) is 11.0 Å². The highest BCUT2D eigenvalue weighted by molar-refractivity contribution is 5.71. The zero-order valence-corrected chi connectivity index (χ0v) is 11.9. The van der Waals surface area contributed by atoms with Gasteiger partial charge in [-0.2, -0.15) is 0 Å². The number of carbonyl (C=O) groups excluding carboxylic acids is 1. The second-order valence-electron chi connectivity index (χ2n) is 4.60. The van der Waals surface area contributed by atoms with Crippen molar-refractivity contribution in [1.82, 2.24) is 4.90 Å². The van der Waals surface area contributed by atoms with Crippen LogP contribution in [0.15, 0.2) is 48.3 Å². The molecule has 0 aliphatic carbocycles. The van der Waals surface area contributed by atoms with Gasteiger partial charge in [-0.3, -0.25) is 15.0 Å². The van der Waals surface area contributed by atoms with Crippen molar-refractivity contribution in [3.63, 3.8) is 0 Å². The van der Waals surface area contributed by atoms with Crippen LogP contribution in [0.1, 0.15) is 25.3 Å². The van der Waals surface area contributed by atoms with Gasteiger partial charge < -0.3 is 4.74 Å². The summed E-state index contributed by atoms with van der Waals surface area (Å²) in [5.41, 5.74) is 1.59. The Hall–Kier alpha value is -2.63. The number of nitro benzene ring substituents is 1. The lowest BCUT2D eigenvalue weighted by Crippen LogP contribution is -2.27. The van der Waals surface area contributed by atoms with E-state index in [-0.39, 0.29) is 11.6 Å². The molecule has 1 aliphatic rings. The first kappa shape index (κ1) is 14.8. The van der Waals surface area contributed by atoms with Gasteiger partial charge >= 0.3 is 6.09 Å². The monoisotopic (exact) mass is 288 g/mol. The predicted octanol–water partition coefficient (Wildman–Crippen LogP) is 3.57. The Morgan fingerprint density at radius 2 is 2.24 bits per heavy atom. The maximum Gasteiger partial charge on any atom is 0.418 e. The number of amides is 1. The van der Waals surface area contributed by atoms with Crippen LogP contribution in [0.5, 0.6) is 0 Å². The molecule has 1 atom stereocenters. The molecule has 1 unspecified atom stereocenters. The number of ether oxygens (including phenoxy) is 1. The van der Waals surface area contributed by atoms with Crippen molar-refractivity contribution in [3.05, 3.63) is 64.0 Å². The van der Waals surface area contributed by atoms with Gasteiger partial charge in [0.05, 0.1) is 11.5 Å². The lowest BCUT2D eigenvalue weighted by atomic mass is 9.95. The lowest BCUT2D eigenvalue weighted by molar-refractivity contribution is -0.384. The molecule has 1 aliphatic heterocycles. The van der Waals surface area contributed by atoms with Gasteiger partial charge in [0.2, 0.25) is 0 Å². The molecule has 6 heteroatoms. The number of nitro groups is 1. The summed E-state index contributed by atoms with van der Waals surface area (Å²) in [4.78, 5) is 23.5. The third kappa shape index (κ3) is 3.28. The maximum atomic E-state index is 11.7. The molecule has 0 N–H and O–H groups in total. The van der Waals surface area contributed by atoms with Crippen molar-refractivity contribution in [2.45, 2.75) is 19.8 Å². The van der Waals surface area contributed by atoms with Gasteiger partial charge in [-0.1, -0.05) is 24.3 Å². The molecule has 1 amide bonds. The summed E-state index contributed by atoms with van der Waals surface area (Å²) in [6, 6.07) is 6.48. The van der Waals surface area contributed by atoms with Gasteiger partial charge in [-0.05, 0) is 19.4 Å². The molecule has 110 valence electrons. The van der Waals surface area contributed by atoms with E-state index < -0.39 is 11.0 Å². The summed E-state index contributed by atoms with van der Waals surface area (Å²) in [6.07, 6.45) is 4.88. The molecule has 21 heavy (non-hydrogen) atoms. The quantitative estimate of drug-likeness (QED) is 0.629. The third-order valence-electron chi connectivity index (χ3n) is 3.17. The number of carbonyl (C=O) groups is 1. The average Bonchev–Trinajstić information content (AvgIpc) is 2.47. The minimum Gasteiger partial charge on any atom is -0.449 e. The number of nitrogens with zero attached hydrogens (tertiary/aromatic N) is 2. The van der Waals surface area contributed by atoms with Crippen LogP contribution >= 0.6 is 0 Å². The number of rotatable bonds is 3. The maximum absolute atomic E-state index is 11.7. The molecule has 6 nitrogen and oxygen atoms in total. The smallest absolute Gasteiger partial charge is 0.418 e. The third-order valence-corrected chi connectivity index (χ3v) is 3.17. The fourth-order valence-electron chi connectivity index (χ4n) is 2.14. The van der Waals surface area contributed by atoms with Gasteiger partial charge in [-0.25, -0.2) is 4.79 Å². The van der Waals surface area contributed by atoms with E-state index in [0.717, 1.165) is 11.3 Å². The van der Waals surface area contributed by atoms with Crippen molar-refractivity contribution in [2.24, 2.45) is 0 Å². The number of allylic oxidation sites excluding steroid dienone is 3. The zero-order valence-electron chi connectivity index (χ0n) is 11.9. The molecule has 1 heterocycles. The molecular formula is C15H16N2O4. The van der Waals surface area contributed by atoms with Gasteiger partial charge in [0.15, 0.2) is 0 Å². The van der Waals surface area contributed by atoms with E-state index in [4.69, 9.17) is 4.74 Å². The van der Waals surface area contributed by atoms with Gasteiger partial charge in [0.25, 0.3) is 5.69 Å². The number of hydrogen-bond acceptors (Lipinski definition) is 4. The predicted molar refractivity (Wildman–Crippen MR) is 77.6 cm³/mol. The van der Waals surface area contributed by atoms with Crippen molar-refractivity contribution in [3.8, 4) is 0 Å². The molecule has 0 spiro atoms. The largest absolute Gasteiger partial charge is 0.449 e. The van der Waals surface area contributed by atoms with E-state index in [1.54, 1.807) is 32.2 Å². The molecule has 0 bridgehead atoms. The fraction of sp³-hybridized carbons (Fsp3) is 0.267. The Kier molecular flexibility index (Phi) is 4.37. The Balaban J connectivity index is 2.21. The lowest BCUT2D eigenvalue weighted by Gasteiger charge is -2.24. The van der Waals surface area contributed by atoms with E-state index in [2.05, 4.69) is 0 Å².